The molecule has 3 unspecified atom stereocenters. The molecule has 2 aliphatic carbocycles. The van der Waals surface area contributed by atoms with Crippen LogP contribution in [0.3, 0.4) is 0 Å². The van der Waals surface area contributed by atoms with Crippen LogP contribution >= 0.6 is 0 Å². The first-order valence-electron chi connectivity index (χ1n) is 6.99. The molecule has 2 saturated carbocycles. The van der Waals surface area contributed by atoms with Crippen LogP contribution in [0, 0.1) is 17.8 Å². The summed E-state index contributed by atoms with van der Waals surface area (Å²) in [7, 11) is 0. The lowest BCUT2D eigenvalue weighted by Crippen LogP contribution is -2.40. The highest BCUT2D eigenvalue weighted by Crippen LogP contribution is 2.30. The average Bonchev–Trinajstić information content (AvgIpc) is 2.15. The fraction of sp³-hybridized carbons (Fsp3) is 1.00. The van der Waals surface area contributed by atoms with E-state index < -0.39 is 0 Å². The Morgan fingerprint density at radius 1 is 1.07 bits per heavy atom. The van der Waals surface area contributed by atoms with E-state index in [1.54, 1.807) is 0 Å². The summed E-state index contributed by atoms with van der Waals surface area (Å²) in [5.74, 6) is 2.92. The van der Waals surface area contributed by atoms with E-state index in [9.17, 15) is 0 Å². The summed E-state index contributed by atoms with van der Waals surface area (Å²) in [6.45, 7) is 6.10. The molecule has 0 amide bonds. The number of hydrogen-bond donors (Lipinski definition) is 1. The van der Waals surface area contributed by atoms with E-state index in [-0.39, 0.29) is 0 Å². The second-order valence-corrected chi connectivity index (χ2v) is 6.04. The quantitative estimate of drug-likeness (QED) is 0.746. The second kappa shape index (κ2) is 5.34. The average molecular weight is 209 g/mol. The highest BCUT2D eigenvalue weighted by atomic mass is 14.9. The molecule has 0 spiro atoms. The van der Waals surface area contributed by atoms with Crippen molar-refractivity contribution in [3.8, 4) is 0 Å². The molecule has 2 fully saturated rings. The maximum absolute atomic E-state index is 3.80. The SMILES string of the molecule is CC1CCC(C)C(NCCC2CCC2)C1. The Morgan fingerprint density at radius 3 is 2.53 bits per heavy atom. The molecular weight excluding hydrogens is 182 g/mol. The fourth-order valence-electron chi connectivity index (χ4n) is 3.07. The van der Waals surface area contributed by atoms with Crippen LogP contribution in [-0.4, -0.2) is 12.6 Å². The highest BCUT2D eigenvalue weighted by Gasteiger charge is 2.25. The third-order valence-corrected chi connectivity index (χ3v) is 4.64. The van der Waals surface area contributed by atoms with Crippen molar-refractivity contribution >= 4 is 0 Å². The Kier molecular flexibility index (Phi) is 4.07. The van der Waals surface area contributed by atoms with Gasteiger partial charge in [0, 0.05) is 6.04 Å². The van der Waals surface area contributed by atoms with Crippen LogP contribution < -0.4 is 5.32 Å². The third-order valence-electron chi connectivity index (χ3n) is 4.64. The van der Waals surface area contributed by atoms with E-state index in [1.165, 1.54) is 51.5 Å². The molecule has 0 aromatic carbocycles. The van der Waals surface area contributed by atoms with Gasteiger partial charge in [0.2, 0.25) is 0 Å². The molecule has 0 aromatic rings. The van der Waals surface area contributed by atoms with Gasteiger partial charge in [0.25, 0.3) is 0 Å². The summed E-state index contributed by atoms with van der Waals surface area (Å²) in [6, 6.07) is 0.814. The minimum absolute atomic E-state index is 0.814. The first-order chi connectivity index (χ1) is 7.25. The van der Waals surface area contributed by atoms with Gasteiger partial charge in [-0.2, -0.15) is 0 Å². The van der Waals surface area contributed by atoms with Gasteiger partial charge in [0.05, 0.1) is 0 Å². The standard InChI is InChI=1S/C14H27N/c1-11-6-7-12(2)14(10-11)15-9-8-13-4-3-5-13/h11-15H,3-10H2,1-2H3. The van der Waals surface area contributed by atoms with Crippen LogP contribution in [0.2, 0.25) is 0 Å². The number of hydrogen-bond acceptors (Lipinski definition) is 1. The molecule has 2 rings (SSSR count). The Morgan fingerprint density at radius 2 is 1.87 bits per heavy atom. The smallest absolute Gasteiger partial charge is 0.00952 e. The van der Waals surface area contributed by atoms with Crippen molar-refractivity contribution in [2.75, 3.05) is 6.54 Å². The van der Waals surface area contributed by atoms with Crippen molar-refractivity contribution in [2.24, 2.45) is 17.8 Å². The van der Waals surface area contributed by atoms with E-state index in [0.29, 0.717) is 0 Å². The van der Waals surface area contributed by atoms with Gasteiger partial charge in [-0.3, -0.25) is 0 Å². The Hall–Kier alpha value is -0.0400. The number of rotatable bonds is 4. The zero-order chi connectivity index (χ0) is 10.7. The lowest BCUT2D eigenvalue weighted by Gasteiger charge is -2.34. The molecule has 1 heteroatoms. The van der Waals surface area contributed by atoms with Crippen molar-refractivity contribution in [3.05, 3.63) is 0 Å². The van der Waals surface area contributed by atoms with Crippen LogP contribution in [0.25, 0.3) is 0 Å². The van der Waals surface area contributed by atoms with Gasteiger partial charge in [0.15, 0.2) is 0 Å². The molecule has 1 N–H and O–H groups in total. The van der Waals surface area contributed by atoms with Crippen molar-refractivity contribution in [1.82, 2.24) is 5.32 Å². The summed E-state index contributed by atoms with van der Waals surface area (Å²) in [6.07, 6.45) is 10.2. The van der Waals surface area contributed by atoms with E-state index in [0.717, 1.165) is 23.8 Å². The van der Waals surface area contributed by atoms with Gasteiger partial charge in [-0.25, -0.2) is 0 Å². The van der Waals surface area contributed by atoms with E-state index >= 15 is 0 Å². The van der Waals surface area contributed by atoms with Crippen molar-refractivity contribution in [3.63, 3.8) is 0 Å². The van der Waals surface area contributed by atoms with Crippen LogP contribution in [0.4, 0.5) is 0 Å². The topological polar surface area (TPSA) is 12.0 Å². The van der Waals surface area contributed by atoms with Gasteiger partial charge in [-0.1, -0.05) is 39.5 Å². The van der Waals surface area contributed by atoms with Crippen LogP contribution in [0.1, 0.15) is 58.8 Å². The molecule has 3 atom stereocenters. The van der Waals surface area contributed by atoms with Gasteiger partial charge in [-0.05, 0) is 43.6 Å². The minimum atomic E-state index is 0.814. The molecule has 0 bridgehead atoms. The Bertz CT molecular complexity index is 186. The first kappa shape index (κ1) is 11.4. The molecule has 2 aliphatic rings. The second-order valence-electron chi connectivity index (χ2n) is 6.04. The molecule has 0 heterocycles. The van der Waals surface area contributed by atoms with Gasteiger partial charge < -0.3 is 5.32 Å². The molecule has 88 valence electrons. The zero-order valence-electron chi connectivity index (χ0n) is 10.5. The fourth-order valence-corrected chi connectivity index (χ4v) is 3.07. The first-order valence-corrected chi connectivity index (χ1v) is 6.99. The normalized spacial score (nSPS) is 37.6. The van der Waals surface area contributed by atoms with E-state index in [1.807, 2.05) is 0 Å². The predicted octanol–water partition coefficient (Wildman–Crippen LogP) is 3.59. The molecular formula is C14H27N. The van der Waals surface area contributed by atoms with E-state index in [4.69, 9.17) is 0 Å². The largest absolute Gasteiger partial charge is 0.314 e. The summed E-state index contributed by atoms with van der Waals surface area (Å²) >= 11 is 0. The number of nitrogens with one attached hydrogen (secondary N) is 1. The van der Waals surface area contributed by atoms with Crippen LogP contribution in [0.15, 0.2) is 0 Å². The zero-order valence-corrected chi connectivity index (χ0v) is 10.5. The predicted molar refractivity (Wildman–Crippen MR) is 65.9 cm³/mol. The molecule has 1 nitrogen and oxygen atoms in total. The van der Waals surface area contributed by atoms with Crippen LogP contribution in [0.5, 0.6) is 0 Å². The molecule has 0 saturated heterocycles. The van der Waals surface area contributed by atoms with Gasteiger partial charge >= 0.3 is 0 Å². The van der Waals surface area contributed by atoms with Crippen molar-refractivity contribution in [1.29, 1.82) is 0 Å². The van der Waals surface area contributed by atoms with Crippen molar-refractivity contribution < 1.29 is 0 Å². The molecule has 15 heavy (non-hydrogen) atoms. The minimum Gasteiger partial charge on any atom is -0.314 e. The lowest BCUT2D eigenvalue weighted by atomic mass is 9.79. The van der Waals surface area contributed by atoms with E-state index in [2.05, 4.69) is 19.2 Å². The summed E-state index contributed by atoms with van der Waals surface area (Å²) in [5, 5.41) is 3.80. The summed E-state index contributed by atoms with van der Waals surface area (Å²) in [4.78, 5) is 0. The third kappa shape index (κ3) is 3.21. The monoisotopic (exact) mass is 209 g/mol. The van der Waals surface area contributed by atoms with Gasteiger partial charge in [-0.15, -0.1) is 0 Å². The molecule has 0 aromatic heterocycles. The van der Waals surface area contributed by atoms with Crippen molar-refractivity contribution in [2.45, 2.75) is 64.8 Å². The van der Waals surface area contributed by atoms with Crippen LogP contribution in [-0.2, 0) is 0 Å². The van der Waals surface area contributed by atoms with Gasteiger partial charge in [0.1, 0.15) is 0 Å². The molecule has 0 radical (unpaired) electrons. The Labute approximate surface area is 95.0 Å². The summed E-state index contributed by atoms with van der Waals surface area (Å²) in [5.41, 5.74) is 0. The maximum atomic E-state index is 3.80. The maximum Gasteiger partial charge on any atom is 0.00952 e. The summed E-state index contributed by atoms with van der Waals surface area (Å²) < 4.78 is 0. The lowest BCUT2D eigenvalue weighted by molar-refractivity contribution is 0.216. The Balaban J connectivity index is 1.63. The molecule has 0 aliphatic heterocycles. The highest BCUT2D eigenvalue weighted by molar-refractivity contribution is 4.81.